The Labute approximate surface area is 103 Å². The van der Waals surface area contributed by atoms with Crippen molar-refractivity contribution in [2.45, 2.75) is 13.5 Å². The molecule has 0 bridgehead atoms. The number of rotatable bonds is 4. The van der Waals surface area contributed by atoms with Crippen molar-refractivity contribution in [3.8, 4) is 0 Å². The van der Waals surface area contributed by atoms with Gasteiger partial charge in [0.2, 0.25) is 0 Å². The minimum absolute atomic E-state index is 0.281. The summed E-state index contributed by atoms with van der Waals surface area (Å²) in [5.41, 5.74) is 3.41. The van der Waals surface area contributed by atoms with Crippen LogP contribution >= 0.6 is 0 Å². The van der Waals surface area contributed by atoms with E-state index in [0.29, 0.717) is 22.8 Å². The zero-order chi connectivity index (χ0) is 13.0. The number of nitrogens with one attached hydrogen (secondary N) is 2. The summed E-state index contributed by atoms with van der Waals surface area (Å²) in [6, 6.07) is 5.05. The Bertz CT molecular complexity index is 552. The van der Waals surface area contributed by atoms with Crippen molar-refractivity contribution in [3.63, 3.8) is 0 Å². The third-order valence-corrected chi connectivity index (χ3v) is 2.30. The van der Waals surface area contributed by atoms with Crippen LogP contribution < -0.4 is 16.6 Å². The van der Waals surface area contributed by atoms with E-state index in [1.54, 1.807) is 31.3 Å². The van der Waals surface area contributed by atoms with Gasteiger partial charge in [-0.2, -0.15) is 0 Å². The lowest BCUT2D eigenvalue weighted by Gasteiger charge is -2.07. The minimum Gasteiger partial charge on any atom is -0.361 e. The smallest absolute Gasteiger partial charge is 0.255 e. The lowest BCUT2D eigenvalue weighted by Crippen LogP contribution is -2.25. The number of anilines is 1. The lowest BCUT2D eigenvalue weighted by molar-refractivity contribution is 0.0950. The van der Waals surface area contributed by atoms with Gasteiger partial charge in [0.15, 0.2) is 5.82 Å². The van der Waals surface area contributed by atoms with Crippen LogP contribution in [0.3, 0.4) is 0 Å². The molecule has 2 rings (SSSR count). The van der Waals surface area contributed by atoms with Gasteiger partial charge in [0.25, 0.3) is 5.91 Å². The molecule has 0 atom stereocenters. The van der Waals surface area contributed by atoms with Crippen molar-refractivity contribution >= 4 is 11.7 Å². The van der Waals surface area contributed by atoms with E-state index in [0.717, 1.165) is 0 Å². The van der Waals surface area contributed by atoms with Gasteiger partial charge in [-0.3, -0.25) is 4.79 Å². The van der Waals surface area contributed by atoms with E-state index >= 15 is 0 Å². The molecule has 0 aliphatic heterocycles. The summed E-state index contributed by atoms with van der Waals surface area (Å²) in [6.07, 6.45) is 1.55. The Morgan fingerprint density at radius 2 is 2.39 bits per heavy atom. The Hall–Kier alpha value is -2.41. The number of hydrogen-bond acceptors (Lipinski definition) is 6. The molecule has 7 nitrogen and oxygen atoms in total. The molecule has 7 heteroatoms. The summed E-state index contributed by atoms with van der Waals surface area (Å²) in [5.74, 6) is 6.02. The van der Waals surface area contributed by atoms with Gasteiger partial charge in [0.1, 0.15) is 11.5 Å². The molecule has 2 aromatic rings. The van der Waals surface area contributed by atoms with Gasteiger partial charge in [0.05, 0.1) is 12.1 Å². The van der Waals surface area contributed by atoms with E-state index in [1.165, 1.54) is 0 Å². The van der Waals surface area contributed by atoms with Gasteiger partial charge >= 0.3 is 0 Å². The predicted octanol–water partition coefficient (Wildman–Crippen LogP) is 0.594. The number of aryl methyl sites for hydroxylation is 1. The Morgan fingerprint density at radius 1 is 1.56 bits per heavy atom. The molecule has 2 heterocycles. The quantitative estimate of drug-likeness (QED) is 0.539. The first-order valence-corrected chi connectivity index (χ1v) is 5.32. The summed E-state index contributed by atoms with van der Waals surface area (Å²) < 4.78 is 4.90. The first kappa shape index (κ1) is 12.1. The molecule has 0 saturated heterocycles. The van der Waals surface area contributed by atoms with E-state index in [4.69, 9.17) is 10.4 Å². The van der Waals surface area contributed by atoms with Crippen LogP contribution in [0, 0.1) is 6.92 Å². The fourth-order valence-corrected chi connectivity index (χ4v) is 1.47. The highest BCUT2D eigenvalue weighted by atomic mass is 16.5. The molecule has 0 unspecified atom stereocenters. The molecule has 0 aliphatic rings. The van der Waals surface area contributed by atoms with E-state index in [1.807, 2.05) is 0 Å². The highest BCUT2D eigenvalue weighted by Gasteiger charge is 2.11. The van der Waals surface area contributed by atoms with E-state index < -0.39 is 0 Å². The maximum absolute atomic E-state index is 11.9. The third kappa shape index (κ3) is 2.64. The number of nitrogens with two attached hydrogens (primary N) is 1. The summed E-state index contributed by atoms with van der Waals surface area (Å²) >= 11 is 0. The normalized spacial score (nSPS) is 10.1. The van der Waals surface area contributed by atoms with Crippen LogP contribution in [-0.2, 0) is 6.54 Å². The summed E-state index contributed by atoms with van der Waals surface area (Å²) in [4.78, 5) is 15.8. The van der Waals surface area contributed by atoms with Crippen LogP contribution in [0.2, 0.25) is 0 Å². The summed E-state index contributed by atoms with van der Waals surface area (Å²) in [5, 5.41) is 6.48. The highest BCUT2D eigenvalue weighted by Crippen LogP contribution is 2.10. The first-order chi connectivity index (χ1) is 8.70. The molecule has 0 aromatic carbocycles. The van der Waals surface area contributed by atoms with E-state index in [-0.39, 0.29) is 12.5 Å². The zero-order valence-corrected chi connectivity index (χ0v) is 9.80. The van der Waals surface area contributed by atoms with Crippen LogP contribution in [0.25, 0.3) is 0 Å². The Kier molecular flexibility index (Phi) is 3.54. The Balaban J connectivity index is 2.03. The number of carbonyl (C=O) groups is 1. The molecule has 0 saturated carbocycles. The third-order valence-electron chi connectivity index (χ3n) is 2.30. The number of hydrogen-bond donors (Lipinski definition) is 3. The summed E-state index contributed by atoms with van der Waals surface area (Å²) in [6.45, 7) is 2.07. The van der Waals surface area contributed by atoms with Gasteiger partial charge in [-0.1, -0.05) is 5.16 Å². The van der Waals surface area contributed by atoms with Crippen LogP contribution in [0.5, 0.6) is 0 Å². The SMILES string of the molecule is Cc1cc(CNC(=O)c2cccnc2NN)no1. The monoisotopic (exact) mass is 247 g/mol. The largest absolute Gasteiger partial charge is 0.361 e. The second-order valence-electron chi connectivity index (χ2n) is 3.66. The van der Waals surface area contributed by atoms with Crippen molar-refractivity contribution in [2.24, 2.45) is 5.84 Å². The van der Waals surface area contributed by atoms with Gasteiger partial charge in [-0.25, -0.2) is 10.8 Å². The van der Waals surface area contributed by atoms with Crippen LogP contribution in [0.4, 0.5) is 5.82 Å². The number of nitrogen functional groups attached to an aromatic ring is 1. The molecular formula is C11H13N5O2. The van der Waals surface area contributed by atoms with Crippen molar-refractivity contribution in [2.75, 3.05) is 5.43 Å². The zero-order valence-electron chi connectivity index (χ0n) is 9.80. The highest BCUT2D eigenvalue weighted by molar-refractivity contribution is 5.98. The molecule has 0 radical (unpaired) electrons. The molecule has 0 aliphatic carbocycles. The number of pyridine rings is 1. The maximum Gasteiger partial charge on any atom is 0.255 e. The average molecular weight is 247 g/mol. The molecule has 2 aromatic heterocycles. The first-order valence-electron chi connectivity index (χ1n) is 5.32. The van der Waals surface area contributed by atoms with Gasteiger partial charge in [-0.05, 0) is 19.1 Å². The fourth-order valence-electron chi connectivity index (χ4n) is 1.47. The second kappa shape index (κ2) is 5.28. The average Bonchev–Trinajstić information content (AvgIpc) is 2.81. The van der Waals surface area contributed by atoms with E-state index in [2.05, 4.69) is 20.9 Å². The van der Waals surface area contributed by atoms with Crippen molar-refractivity contribution in [1.29, 1.82) is 0 Å². The van der Waals surface area contributed by atoms with Crippen molar-refractivity contribution in [3.05, 3.63) is 41.4 Å². The summed E-state index contributed by atoms with van der Waals surface area (Å²) in [7, 11) is 0. The topological polar surface area (TPSA) is 106 Å². The number of hydrazine groups is 1. The minimum atomic E-state index is -0.281. The van der Waals surface area contributed by atoms with E-state index in [9.17, 15) is 4.79 Å². The van der Waals surface area contributed by atoms with Crippen LogP contribution in [0.1, 0.15) is 21.8 Å². The Morgan fingerprint density at radius 3 is 3.06 bits per heavy atom. The van der Waals surface area contributed by atoms with Crippen LogP contribution in [0.15, 0.2) is 28.9 Å². The second-order valence-corrected chi connectivity index (χ2v) is 3.66. The van der Waals surface area contributed by atoms with Gasteiger partial charge in [-0.15, -0.1) is 0 Å². The number of aromatic nitrogens is 2. The molecule has 0 fully saturated rings. The van der Waals surface area contributed by atoms with Gasteiger partial charge < -0.3 is 15.3 Å². The molecule has 4 N–H and O–H groups in total. The molecule has 0 spiro atoms. The fraction of sp³-hybridized carbons (Fsp3) is 0.182. The molecule has 94 valence electrons. The van der Waals surface area contributed by atoms with Crippen molar-refractivity contribution < 1.29 is 9.32 Å². The molecule has 18 heavy (non-hydrogen) atoms. The lowest BCUT2D eigenvalue weighted by atomic mass is 10.2. The molecule has 1 amide bonds. The standard InChI is InChI=1S/C11H13N5O2/c1-7-5-8(16-18-7)6-14-11(17)9-3-2-4-13-10(9)15-12/h2-5H,6,12H2,1H3,(H,13,15)(H,14,17). The predicted molar refractivity (Wildman–Crippen MR) is 64.5 cm³/mol. The number of amides is 1. The maximum atomic E-state index is 11.9. The van der Waals surface area contributed by atoms with Crippen molar-refractivity contribution in [1.82, 2.24) is 15.5 Å². The van der Waals surface area contributed by atoms with Gasteiger partial charge in [0, 0.05) is 12.3 Å². The molecular weight excluding hydrogens is 234 g/mol. The number of nitrogens with zero attached hydrogens (tertiary/aromatic N) is 2. The van der Waals surface area contributed by atoms with Crippen LogP contribution in [-0.4, -0.2) is 16.0 Å². The number of carbonyl (C=O) groups excluding carboxylic acids is 1.